The van der Waals surface area contributed by atoms with E-state index in [2.05, 4.69) is 39.7 Å². The van der Waals surface area contributed by atoms with E-state index in [9.17, 15) is 5.11 Å². The summed E-state index contributed by atoms with van der Waals surface area (Å²) in [6.07, 6.45) is 3.24. The van der Waals surface area contributed by atoms with E-state index in [1.807, 2.05) is 0 Å². The SMILES string of the molecule is CCCCOC(OCCCC)C(O)NNc1ncnc(N)n1. The summed E-state index contributed by atoms with van der Waals surface area (Å²) >= 11 is 0. The molecular weight excluding hydrogens is 288 g/mol. The van der Waals surface area contributed by atoms with E-state index >= 15 is 0 Å². The average molecular weight is 314 g/mol. The van der Waals surface area contributed by atoms with E-state index in [-0.39, 0.29) is 11.9 Å². The molecule has 1 atom stereocenters. The van der Waals surface area contributed by atoms with Crippen LogP contribution in [0.2, 0.25) is 0 Å². The van der Waals surface area contributed by atoms with E-state index in [4.69, 9.17) is 15.2 Å². The highest BCUT2D eigenvalue weighted by atomic mass is 16.7. The van der Waals surface area contributed by atoms with Gasteiger partial charge < -0.3 is 20.3 Å². The van der Waals surface area contributed by atoms with Crippen LogP contribution in [0.1, 0.15) is 39.5 Å². The second kappa shape index (κ2) is 11.1. The number of aliphatic hydroxyl groups is 1. The maximum Gasteiger partial charge on any atom is 0.242 e. The van der Waals surface area contributed by atoms with Crippen molar-refractivity contribution in [3.8, 4) is 0 Å². The number of nitrogens with one attached hydrogen (secondary N) is 2. The Hall–Kier alpha value is -1.55. The van der Waals surface area contributed by atoms with Crippen LogP contribution >= 0.6 is 0 Å². The molecule has 126 valence electrons. The number of hydrogen-bond donors (Lipinski definition) is 4. The first-order valence-corrected chi connectivity index (χ1v) is 7.54. The molecule has 5 N–H and O–H groups in total. The number of hydrazine groups is 1. The summed E-state index contributed by atoms with van der Waals surface area (Å²) in [6, 6.07) is 0. The minimum atomic E-state index is -1.08. The quantitative estimate of drug-likeness (QED) is 0.250. The van der Waals surface area contributed by atoms with Gasteiger partial charge in [0.2, 0.25) is 11.9 Å². The molecule has 0 saturated heterocycles. The van der Waals surface area contributed by atoms with Crippen molar-refractivity contribution in [1.29, 1.82) is 0 Å². The molecule has 0 aliphatic carbocycles. The Bertz CT molecular complexity index is 399. The van der Waals surface area contributed by atoms with E-state index in [1.165, 1.54) is 6.33 Å². The fourth-order valence-corrected chi connectivity index (χ4v) is 1.49. The highest BCUT2D eigenvalue weighted by Crippen LogP contribution is 2.05. The zero-order valence-corrected chi connectivity index (χ0v) is 13.2. The van der Waals surface area contributed by atoms with Crippen molar-refractivity contribution in [2.24, 2.45) is 0 Å². The van der Waals surface area contributed by atoms with Gasteiger partial charge in [-0.3, -0.25) is 5.43 Å². The van der Waals surface area contributed by atoms with Gasteiger partial charge in [0.15, 0.2) is 12.5 Å². The van der Waals surface area contributed by atoms with Crippen LogP contribution in [0.15, 0.2) is 6.33 Å². The molecule has 0 aliphatic heterocycles. The molecule has 9 heteroatoms. The van der Waals surface area contributed by atoms with Gasteiger partial charge in [-0.1, -0.05) is 26.7 Å². The summed E-state index contributed by atoms with van der Waals surface area (Å²) in [6.45, 7) is 5.17. The van der Waals surface area contributed by atoms with Crippen LogP contribution in [0.4, 0.5) is 11.9 Å². The van der Waals surface area contributed by atoms with Crippen molar-refractivity contribution in [2.75, 3.05) is 24.4 Å². The minimum Gasteiger partial charge on any atom is -0.372 e. The summed E-state index contributed by atoms with van der Waals surface area (Å²) in [5.41, 5.74) is 10.7. The summed E-state index contributed by atoms with van der Waals surface area (Å²) in [7, 11) is 0. The highest BCUT2D eigenvalue weighted by Gasteiger charge is 2.20. The van der Waals surface area contributed by atoms with E-state index in [0.717, 1.165) is 25.7 Å². The monoisotopic (exact) mass is 314 g/mol. The first kappa shape index (κ1) is 18.5. The van der Waals surface area contributed by atoms with Crippen LogP contribution in [0, 0.1) is 0 Å². The Morgan fingerprint density at radius 1 is 1.18 bits per heavy atom. The molecule has 0 radical (unpaired) electrons. The number of aromatic nitrogens is 3. The minimum absolute atomic E-state index is 0.0868. The molecule has 0 aromatic carbocycles. The van der Waals surface area contributed by atoms with E-state index in [1.54, 1.807) is 0 Å². The van der Waals surface area contributed by atoms with Gasteiger partial charge in [-0.25, -0.2) is 15.4 Å². The first-order valence-electron chi connectivity index (χ1n) is 7.54. The molecule has 0 saturated carbocycles. The Morgan fingerprint density at radius 2 is 1.82 bits per heavy atom. The van der Waals surface area contributed by atoms with Crippen LogP contribution in [0.5, 0.6) is 0 Å². The summed E-state index contributed by atoms with van der Waals surface area (Å²) in [5, 5.41) is 10.1. The third-order valence-corrected chi connectivity index (χ3v) is 2.74. The van der Waals surface area contributed by atoms with Gasteiger partial charge in [-0.15, -0.1) is 0 Å². The summed E-state index contributed by atoms with van der Waals surface area (Å²) in [4.78, 5) is 11.4. The zero-order valence-electron chi connectivity index (χ0n) is 13.2. The molecule has 1 heterocycles. The molecule has 0 spiro atoms. The number of nitrogen functional groups attached to an aromatic ring is 1. The topological polar surface area (TPSA) is 127 Å². The zero-order chi connectivity index (χ0) is 16.2. The van der Waals surface area contributed by atoms with Gasteiger partial charge in [0.1, 0.15) is 6.33 Å². The van der Waals surface area contributed by atoms with Gasteiger partial charge in [-0.2, -0.15) is 4.98 Å². The van der Waals surface area contributed by atoms with Crippen molar-refractivity contribution >= 4 is 11.9 Å². The van der Waals surface area contributed by atoms with Gasteiger partial charge in [0.25, 0.3) is 0 Å². The molecule has 0 aliphatic rings. The van der Waals surface area contributed by atoms with Crippen LogP contribution in [-0.2, 0) is 9.47 Å². The van der Waals surface area contributed by atoms with Crippen molar-refractivity contribution in [3.63, 3.8) is 0 Å². The number of rotatable bonds is 12. The predicted octanol–water partition coefficient (Wildman–Crippen LogP) is 0.648. The maximum atomic E-state index is 10.1. The Kier molecular flexibility index (Phi) is 9.31. The maximum absolute atomic E-state index is 10.1. The average Bonchev–Trinajstić information content (AvgIpc) is 2.51. The standard InChI is InChI=1S/C13H26N6O3/c1-3-5-7-21-11(22-8-6-4-2)10(20)18-19-13-16-9-15-12(14)17-13/h9-11,18,20H,3-8H2,1-2H3,(H3,14,15,16,17,19). The van der Waals surface area contributed by atoms with Crippen LogP contribution < -0.4 is 16.6 Å². The largest absolute Gasteiger partial charge is 0.372 e. The molecule has 1 aromatic heterocycles. The lowest BCUT2D eigenvalue weighted by atomic mass is 10.3. The third kappa shape index (κ3) is 7.46. The van der Waals surface area contributed by atoms with E-state index in [0.29, 0.717) is 13.2 Å². The van der Waals surface area contributed by atoms with Crippen molar-refractivity contribution in [1.82, 2.24) is 20.4 Å². The Balaban J connectivity index is 2.44. The molecule has 0 amide bonds. The van der Waals surface area contributed by atoms with Crippen LogP contribution in [-0.4, -0.2) is 45.8 Å². The van der Waals surface area contributed by atoms with Gasteiger partial charge in [0, 0.05) is 13.2 Å². The second-order valence-corrected chi connectivity index (χ2v) is 4.70. The number of ether oxygens (including phenoxy) is 2. The fourth-order valence-electron chi connectivity index (χ4n) is 1.49. The Labute approximate surface area is 130 Å². The fraction of sp³-hybridized carbons (Fsp3) is 0.769. The summed E-state index contributed by atoms with van der Waals surface area (Å²) in [5.74, 6) is 0.288. The molecule has 22 heavy (non-hydrogen) atoms. The summed E-state index contributed by atoms with van der Waals surface area (Å²) < 4.78 is 11.1. The van der Waals surface area contributed by atoms with Crippen LogP contribution in [0.3, 0.4) is 0 Å². The molecule has 0 fully saturated rings. The van der Waals surface area contributed by atoms with Crippen molar-refractivity contribution in [3.05, 3.63) is 6.33 Å². The van der Waals surface area contributed by atoms with E-state index < -0.39 is 12.5 Å². The second-order valence-electron chi connectivity index (χ2n) is 4.70. The lowest BCUT2D eigenvalue weighted by molar-refractivity contribution is -0.201. The molecule has 1 aromatic rings. The normalized spacial score (nSPS) is 12.5. The number of aliphatic hydroxyl groups excluding tert-OH is 1. The third-order valence-electron chi connectivity index (χ3n) is 2.74. The van der Waals surface area contributed by atoms with Gasteiger partial charge >= 0.3 is 0 Å². The smallest absolute Gasteiger partial charge is 0.242 e. The lowest BCUT2D eigenvalue weighted by Crippen LogP contribution is -2.46. The molecule has 1 rings (SSSR count). The number of hydrogen-bond acceptors (Lipinski definition) is 9. The van der Waals surface area contributed by atoms with Crippen LogP contribution in [0.25, 0.3) is 0 Å². The number of nitrogens with zero attached hydrogens (tertiary/aromatic N) is 3. The lowest BCUT2D eigenvalue weighted by Gasteiger charge is -2.24. The van der Waals surface area contributed by atoms with Gasteiger partial charge in [-0.05, 0) is 12.8 Å². The predicted molar refractivity (Wildman–Crippen MR) is 82.5 cm³/mol. The Morgan fingerprint density at radius 3 is 2.36 bits per heavy atom. The number of unbranched alkanes of at least 4 members (excludes halogenated alkanes) is 2. The molecule has 9 nitrogen and oxygen atoms in total. The highest BCUT2D eigenvalue weighted by molar-refractivity contribution is 5.27. The molecular formula is C13H26N6O3. The number of nitrogens with two attached hydrogens (primary N) is 1. The van der Waals surface area contributed by atoms with Crippen molar-refractivity contribution < 1.29 is 14.6 Å². The molecule has 1 unspecified atom stereocenters. The van der Waals surface area contributed by atoms with Crippen molar-refractivity contribution in [2.45, 2.75) is 52.0 Å². The molecule has 0 bridgehead atoms. The first-order chi connectivity index (χ1) is 10.7. The number of anilines is 2. The van der Waals surface area contributed by atoms with Gasteiger partial charge in [0.05, 0.1) is 0 Å².